The first-order chi connectivity index (χ1) is 7.52. The van der Waals surface area contributed by atoms with Crippen LogP contribution >= 0.6 is 0 Å². The summed E-state index contributed by atoms with van der Waals surface area (Å²) in [6.07, 6.45) is -0.160. The monoisotopic (exact) mass is 223 g/mol. The summed E-state index contributed by atoms with van der Waals surface area (Å²) < 4.78 is 10.6. The summed E-state index contributed by atoms with van der Waals surface area (Å²) in [4.78, 5) is 0. The molecule has 1 aliphatic rings. The minimum absolute atomic E-state index is 0.0276. The van der Waals surface area contributed by atoms with Crippen LogP contribution < -0.4 is 10.1 Å². The van der Waals surface area contributed by atoms with E-state index >= 15 is 0 Å². The second-order valence-corrected chi connectivity index (χ2v) is 4.65. The van der Waals surface area contributed by atoms with Gasteiger partial charge in [-0.2, -0.15) is 0 Å². The van der Waals surface area contributed by atoms with Crippen molar-refractivity contribution >= 4 is 0 Å². The predicted molar refractivity (Wildman–Crippen MR) is 60.6 cm³/mol. The second kappa shape index (κ2) is 3.96. The molecule has 1 heterocycles. The van der Waals surface area contributed by atoms with E-state index in [9.17, 15) is 5.11 Å². The van der Waals surface area contributed by atoms with E-state index in [1.807, 2.05) is 6.07 Å². The highest BCUT2D eigenvalue weighted by molar-refractivity contribution is 5.42. The average molecular weight is 223 g/mol. The number of hydrogen-bond acceptors (Lipinski definition) is 4. The topological polar surface area (TPSA) is 50.7 Å². The maximum atomic E-state index is 9.67. The first-order valence-electron chi connectivity index (χ1n) is 5.28. The van der Waals surface area contributed by atoms with E-state index in [0.29, 0.717) is 12.4 Å². The largest absolute Gasteiger partial charge is 0.504 e. The third-order valence-corrected chi connectivity index (χ3v) is 2.64. The van der Waals surface area contributed by atoms with Crippen LogP contribution in [0.1, 0.15) is 25.6 Å². The highest BCUT2D eigenvalue weighted by atomic mass is 16.5. The number of ether oxygens (including phenoxy) is 2. The van der Waals surface area contributed by atoms with Crippen LogP contribution in [0.15, 0.2) is 18.2 Å². The number of phenols is 1. The fourth-order valence-corrected chi connectivity index (χ4v) is 1.78. The number of nitrogens with one attached hydrogen (secondary N) is 1. The Bertz CT molecular complexity index is 390. The first kappa shape index (κ1) is 11.2. The van der Waals surface area contributed by atoms with Gasteiger partial charge in [-0.05, 0) is 31.5 Å². The Morgan fingerprint density at radius 2 is 2.25 bits per heavy atom. The van der Waals surface area contributed by atoms with E-state index in [2.05, 4.69) is 19.2 Å². The van der Waals surface area contributed by atoms with E-state index in [0.717, 1.165) is 5.56 Å². The van der Waals surface area contributed by atoms with Crippen molar-refractivity contribution in [2.45, 2.75) is 25.6 Å². The van der Waals surface area contributed by atoms with Crippen LogP contribution in [-0.2, 0) is 4.74 Å². The fraction of sp³-hybridized carbons (Fsp3) is 0.500. The Kier molecular flexibility index (Phi) is 2.78. The predicted octanol–water partition coefficient (Wildman–Crippen LogP) is 1.80. The maximum absolute atomic E-state index is 9.67. The third-order valence-electron chi connectivity index (χ3n) is 2.64. The lowest BCUT2D eigenvalue weighted by molar-refractivity contribution is 0.0986. The zero-order chi connectivity index (χ0) is 11.8. The van der Waals surface area contributed by atoms with Gasteiger partial charge in [-0.3, -0.25) is 5.32 Å². The molecule has 1 saturated heterocycles. The van der Waals surface area contributed by atoms with Crippen molar-refractivity contribution in [3.63, 3.8) is 0 Å². The number of rotatable bonds is 2. The molecule has 0 aliphatic carbocycles. The number of phenolic OH excluding ortho intramolecular Hbond substituents is 1. The van der Waals surface area contributed by atoms with Crippen molar-refractivity contribution in [1.29, 1.82) is 0 Å². The van der Waals surface area contributed by atoms with Crippen molar-refractivity contribution in [2.75, 3.05) is 13.7 Å². The van der Waals surface area contributed by atoms with Crippen LogP contribution in [0.25, 0.3) is 0 Å². The molecule has 1 atom stereocenters. The molecule has 0 bridgehead atoms. The van der Waals surface area contributed by atoms with Crippen LogP contribution in [-0.4, -0.2) is 24.4 Å². The highest BCUT2D eigenvalue weighted by Crippen LogP contribution is 2.32. The zero-order valence-electron chi connectivity index (χ0n) is 9.78. The van der Waals surface area contributed by atoms with Crippen LogP contribution in [0.3, 0.4) is 0 Å². The summed E-state index contributed by atoms with van der Waals surface area (Å²) in [6, 6.07) is 5.29. The van der Waals surface area contributed by atoms with Crippen molar-refractivity contribution in [3.05, 3.63) is 23.8 Å². The van der Waals surface area contributed by atoms with Gasteiger partial charge in [0.1, 0.15) is 6.23 Å². The molecule has 0 saturated carbocycles. The van der Waals surface area contributed by atoms with Gasteiger partial charge in [0, 0.05) is 5.54 Å². The summed E-state index contributed by atoms with van der Waals surface area (Å²) in [6.45, 7) is 4.82. The highest BCUT2D eigenvalue weighted by Gasteiger charge is 2.31. The van der Waals surface area contributed by atoms with Crippen molar-refractivity contribution in [1.82, 2.24) is 5.32 Å². The van der Waals surface area contributed by atoms with E-state index < -0.39 is 0 Å². The normalized spacial score (nSPS) is 23.3. The zero-order valence-corrected chi connectivity index (χ0v) is 9.78. The van der Waals surface area contributed by atoms with Gasteiger partial charge in [0.15, 0.2) is 11.5 Å². The summed E-state index contributed by atoms with van der Waals surface area (Å²) >= 11 is 0. The van der Waals surface area contributed by atoms with Gasteiger partial charge in [-0.25, -0.2) is 0 Å². The van der Waals surface area contributed by atoms with Gasteiger partial charge in [0.25, 0.3) is 0 Å². The van der Waals surface area contributed by atoms with Gasteiger partial charge in [0.2, 0.25) is 0 Å². The van der Waals surface area contributed by atoms with Crippen molar-refractivity contribution < 1.29 is 14.6 Å². The van der Waals surface area contributed by atoms with Crippen LogP contribution in [0, 0.1) is 0 Å². The summed E-state index contributed by atoms with van der Waals surface area (Å²) in [5.41, 5.74) is 0.879. The molecule has 0 spiro atoms. The molecular weight excluding hydrogens is 206 g/mol. The average Bonchev–Trinajstić information content (AvgIpc) is 2.59. The molecule has 2 rings (SSSR count). The second-order valence-electron chi connectivity index (χ2n) is 4.65. The van der Waals surface area contributed by atoms with Crippen LogP contribution in [0.5, 0.6) is 11.5 Å². The van der Waals surface area contributed by atoms with E-state index in [1.165, 1.54) is 7.11 Å². The Labute approximate surface area is 95.2 Å². The quantitative estimate of drug-likeness (QED) is 0.802. The molecule has 0 radical (unpaired) electrons. The first-order valence-corrected chi connectivity index (χ1v) is 5.28. The molecule has 1 fully saturated rings. The molecule has 0 aromatic heterocycles. The lowest BCUT2D eigenvalue weighted by atomic mass is 10.1. The Balaban J connectivity index is 2.20. The molecule has 0 amide bonds. The molecule has 4 nitrogen and oxygen atoms in total. The van der Waals surface area contributed by atoms with Gasteiger partial charge in [-0.1, -0.05) is 6.07 Å². The minimum atomic E-state index is -0.160. The Morgan fingerprint density at radius 3 is 2.75 bits per heavy atom. The molecular formula is C12H17NO3. The smallest absolute Gasteiger partial charge is 0.160 e. The molecule has 2 N–H and O–H groups in total. The number of benzene rings is 1. The molecule has 1 aromatic carbocycles. The molecule has 1 aromatic rings. The summed E-state index contributed by atoms with van der Waals surface area (Å²) in [5.74, 6) is 0.608. The van der Waals surface area contributed by atoms with Gasteiger partial charge >= 0.3 is 0 Å². The van der Waals surface area contributed by atoms with E-state index in [-0.39, 0.29) is 17.5 Å². The lowest BCUT2D eigenvalue weighted by Crippen LogP contribution is -2.35. The van der Waals surface area contributed by atoms with Crippen molar-refractivity contribution in [2.24, 2.45) is 0 Å². The number of methoxy groups -OCH3 is 1. The van der Waals surface area contributed by atoms with Gasteiger partial charge in [0.05, 0.1) is 13.7 Å². The molecule has 16 heavy (non-hydrogen) atoms. The lowest BCUT2D eigenvalue weighted by Gasteiger charge is -2.17. The molecule has 88 valence electrons. The third kappa shape index (κ3) is 2.13. The van der Waals surface area contributed by atoms with Crippen LogP contribution in [0.4, 0.5) is 0 Å². The Morgan fingerprint density at radius 1 is 1.50 bits per heavy atom. The van der Waals surface area contributed by atoms with Gasteiger partial charge < -0.3 is 14.6 Å². The summed E-state index contributed by atoms with van der Waals surface area (Å²) in [7, 11) is 1.53. The fourth-order valence-electron chi connectivity index (χ4n) is 1.78. The van der Waals surface area contributed by atoms with E-state index in [1.54, 1.807) is 12.1 Å². The number of aromatic hydroxyl groups is 1. The molecule has 4 heteroatoms. The van der Waals surface area contributed by atoms with E-state index in [4.69, 9.17) is 9.47 Å². The van der Waals surface area contributed by atoms with Crippen molar-refractivity contribution in [3.8, 4) is 11.5 Å². The van der Waals surface area contributed by atoms with Gasteiger partial charge in [-0.15, -0.1) is 0 Å². The SMILES string of the molecule is COc1ccc(C2NC(C)(C)CO2)cc1O. The summed E-state index contributed by atoms with van der Waals surface area (Å²) in [5, 5.41) is 13.0. The van der Waals surface area contributed by atoms with Crippen LogP contribution in [0.2, 0.25) is 0 Å². The standard InChI is InChI=1S/C12H17NO3/c1-12(2)7-16-11(13-12)8-4-5-10(15-3)9(14)6-8/h4-6,11,13-14H,7H2,1-3H3. The molecule has 1 aliphatic heterocycles. The Hall–Kier alpha value is -1.26. The molecule has 1 unspecified atom stereocenters. The maximum Gasteiger partial charge on any atom is 0.160 e. The minimum Gasteiger partial charge on any atom is -0.504 e. The number of hydrogen-bond donors (Lipinski definition) is 2.